The molecule has 6 nitrogen and oxygen atoms in total. The predicted molar refractivity (Wildman–Crippen MR) is 112 cm³/mol. The van der Waals surface area contributed by atoms with Gasteiger partial charge in [0.2, 0.25) is 5.91 Å². The van der Waals surface area contributed by atoms with E-state index in [9.17, 15) is 13.2 Å². The average Bonchev–Trinajstić information content (AvgIpc) is 3.02. The van der Waals surface area contributed by atoms with Gasteiger partial charge in [-0.05, 0) is 37.8 Å². The maximum atomic E-state index is 13.2. The van der Waals surface area contributed by atoms with Gasteiger partial charge in [0, 0.05) is 23.2 Å². The molecule has 1 heterocycles. The molecule has 8 heteroatoms. The Morgan fingerprint density at radius 2 is 1.93 bits per heavy atom. The van der Waals surface area contributed by atoms with E-state index in [2.05, 4.69) is 5.32 Å². The maximum Gasteiger partial charge on any atom is 0.242 e. The smallest absolute Gasteiger partial charge is 0.242 e. The van der Waals surface area contributed by atoms with Gasteiger partial charge in [-0.1, -0.05) is 30.9 Å². The molecule has 1 saturated heterocycles. The minimum Gasteiger partial charge on any atom is -0.495 e. The molecule has 0 bridgehead atoms. The predicted octanol–water partition coefficient (Wildman–Crippen LogP) is 3.42. The number of carbonyl (C=O) groups is 1. The van der Waals surface area contributed by atoms with Crippen LogP contribution in [0.4, 0.5) is 5.69 Å². The third kappa shape index (κ3) is 4.92. The van der Waals surface area contributed by atoms with Crippen molar-refractivity contribution in [1.29, 1.82) is 0 Å². The zero-order chi connectivity index (χ0) is 20.3. The minimum absolute atomic E-state index is 0.0522. The van der Waals surface area contributed by atoms with Crippen LogP contribution >= 0.6 is 11.6 Å². The van der Waals surface area contributed by atoms with Crippen molar-refractivity contribution in [2.75, 3.05) is 30.5 Å². The van der Waals surface area contributed by atoms with E-state index >= 15 is 0 Å². The van der Waals surface area contributed by atoms with Crippen LogP contribution in [0.5, 0.6) is 5.75 Å². The fourth-order valence-electron chi connectivity index (χ4n) is 4.29. The summed E-state index contributed by atoms with van der Waals surface area (Å²) >= 11 is 6.15. The number of carbonyl (C=O) groups excluding carboxylic acids is 1. The van der Waals surface area contributed by atoms with Crippen molar-refractivity contribution in [3.63, 3.8) is 0 Å². The summed E-state index contributed by atoms with van der Waals surface area (Å²) in [4.78, 5) is 15.0. The van der Waals surface area contributed by atoms with Gasteiger partial charge < -0.3 is 15.0 Å². The number of hydrogen-bond donors (Lipinski definition) is 1. The van der Waals surface area contributed by atoms with E-state index in [-0.39, 0.29) is 36.0 Å². The number of nitrogens with zero attached hydrogens (tertiary/aromatic N) is 1. The molecular weight excluding hydrogens is 400 g/mol. The van der Waals surface area contributed by atoms with Crippen molar-refractivity contribution >= 4 is 33.0 Å². The van der Waals surface area contributed by atoms with Crippen molar-refractivity contribution in [3.8, 4) is 5.75 Å². The van der Waals surface area contributed by atoms with Crippen LogP contribution in [0.25, 0.3) is 0 Å². The van der Waals surface area contributed by atoms with Gasteiger partial charge in [0.25, 0.3) is 0 Å². The second-order valence-corrected chi connectivity index (χ2v) is 10.4. The molecule has 1 atom stereocenters. The number of anilines is 1. The fourth-order valence-corrected chi connectivity index (χ4v) is 6.16. The molecule has 1 aliphatic carbocycles. The van der Waals surface area contributed by atoms with Crippen LogP contribution in [0.2, 0.25) is 5.02 Å². The van der Waals surface area contributed by atoms with Gasteiger partial charge in [-0.25, -0.2) is 8.42 Å². The Kier molecular flexibility index (Phi) is 6.76. The fraction of sp³-hybridized carbons (Fsp3) is 0.650. The number of amides is 1. The Bertz CT molecular complexity index is 822. The highest BCUT2D eigenvalue weighted by atomic mass is 35.5. The van der Waals surface area contributed by atoms with Gasteiger partial charge in [0.15, 0.2) is 9.84 Å². The Morgan fingerprint density at radius 1 is 1.21 bits per heavy atom. The molecule has 28 heavy (non-hydrogen) atoms. The number of nitrogens with one attached hydrogen (secondary N) is 1. The zero-order valence-electron chi connectivity index (χ0n) is 16.5. The summed E-state index contributed by atoms with van der Waals surface area (Å²) in [5.41, 5.74) is 1.60. The summed E-state index contributed by atoms with van der Waals surface area (Å²) in [6.45, 7) is 2.00. The molecule has 0 spiro atoms. The maximum absolute atomic E-state index is 13.2. The first-order valence-electron chi connectivity index (χ1n) is 9.90. The average molecular weight is 429 g/mol. The number of aryl methyl sites for hydroxylation is 1. The molecular formula is C20H29ClN2O4S. The third-order valence-electron chi connectivity index (χ3n) is 5.77. The number of sulfone groups is 1. The standard InChI is InChI=1S/C20H29ClN2O4S/c1-14-10-18(19(27-2)11-17(14)21)22-12-20(24)23(15-6-4-3-5-7-15)16-8-9-28(25,26)13-16/h10-11,15-16,22H,3-9,12-13H2,1-2H3. The van der Waals surface area contributed by atoms with Crippen LogP contribution in [-0.2, 0) is 14.6 Å². The second kappa shape index (κ2) is 8.91. The molecule has 0 radical (unpaired) electrons. The normalized spacial score (nSPS) is 22.0. The lowest BCUT2D eigenvalue weighted by Gasteiger charge is -2.38. The van der Waals surface area contributed by atoms with Crippen molar-refractivity contribution in [2.45, 2.75) is 57.5 Å². The van der Waals surface area contributed by atoms with Crippen LogP contribution in [0, 0.1) is 6.92 Å². The lowest BCUT2D eigenvalue weighted by molar-refractivity contribution is -0.134. The van der Waals surface area contributed by atoms with Gasteiger partial charge >= 0.3 is 0 Å². The van der Waals surface area contributed by atoms with Crippen molar-refractivity contribution in [3.05, 3.63) is 22.7 Å². The van der Waals surface area contributed by atoms with Crippen LogP contribution in [0.15, 0.2) is 12.1 Å². The molecule has 1 aromatic rings. The van der Waals surface area contributed by atoms with Gasteiger partial charge in [-0.15, -0.1) is 0 Å². The summed E-state index contributed by atoms with van der Waals surface area (Å²) in [5.74, 6) is 0.782. The highest BCUT2D eigenvalue weighted by Crippen LogP contribution is 2.32. The number of benzene rings is 1. The first kappa shape index (κ1) is 21.2. The largest absolute Gasteiger partial charge is 0.495 e. The van der Waals surface area contributed by atoms with Crippen molar-refractivity contribution < 1.29 is 17.9 Å². The van der Waals surface area contributed by atoms with Crippen molar-refractivity contribution in [1.82, 2.24) is 4.90 Å². The van der Waals surface area contributed by atoms with E-state index in [0.717, 1.165) is 31.2 Å². The molecule has 0 aromatic heterocycles. The van der Waals surface area contributed by atoms with E-state index in [4.69, 9.17) is 16.3 Å². The second-order valence-electron chi connectivity index (χ2n) is 7.80. The van der Waals surface area contributed by atoms with E-state index < -0.39 is 9.84 Å². The summed E-state index contributed by atoms with van der Waals surface area (Å²) < 4.78 is 29.4. The number of hydrogen-bond acceptors (Lipinski definition) is 5. The Morgan fingerprint density at radius 3 is 2.54 bits per heavy atom. The molecule has 3 rings (SSSR count). The molecule has 1 unspecified atom stereocenters. The van der Waals surface area contributed by atoms with E-state index in [1.165, 1.54) is 6.42 Å². The lowest BCUT2D eigenvalue weighted by Crippen LogP contribution is -2.50. The molecule has 1 aliphatic heterocycles. The number of rotatable bonds is 6. The van der Waals surface area contributed by atoms with Gasteiger partial charge in [-0.3, -0.25) is 4.79 Å². The zero-order valence-corrected chi connectivity index (χ0v) is 18.1. The first-order valence-corrected chi connectivity index (χ1v) is 12.1. The summed E-state index contributed by atoms with van der Waals surface area (Å²) in [5, 5.41) is 3.78. The highest BCUT2D eigenvalue weighted by Gasteiger charge is 2.38. The highest BCUT2D eigenvalue weighted by molar-refractivity contribution is 7.91. The SMILES string of the molecule is COc1cc(Cl)c(C)cc1NCC(=O)N(C1CCCCC1)C1CCS(=O)(=O)C1. The molecule has 1 aromatic carbocycles. The topological polar surface area (TPSA) is 75.7 Å². The lowest BCUT2D eigenvalue weighted by atomic mass is 9.93. The Hall–Kier alpha value is -1.47. The van der Waals surface area contributed by atoms with Crippen LogP contribution in [-0.4, -0.2) is 56.5 Å². The van der Waals surface area contributed by atoms with E-state index in [1.807, 2.05) is 17.9 Å². The molecule has 1 saturated carbocycles. The molecule has 156 valence electrons. The quantitative estimate of drug-likeness (QED) is 0.751. The van der Waals surface area contributed by atoms with Gasteiger partial charge in [0.05, 0.1) is 30.8 Å². The Labute approximate surface area is 172 Å². The molecule has 1 N–H and O–H groups in total. The molecule has 2 aliphatic rings. The van der Waals surface area contributed by atoms with Gasteiger partial charge in [0.1, 0.15) is 5.75 Å². The summed E-state index contributed by atoms with van der Waals surface area (Å²) in [6, 6.07) is 3.51. The summed E-state index contributed by atoms with van der Waals surface area (Å²) in [7, 11) is -1.49. The van der Waals surface area contributed by atoms with Crippen molar-refractivity contribution in [2.24, 2.45) is 0 Å². The summed E-state index contributed by atoms with van der Waals surface area (Å²) in [6.07, 6.45) is 5.80. The van der Waals surface area contributed by atoms with E-state index in [1.54, 1.807) is 13.2 Å². The van der Waals surface area contributed by atoms with Gasteiger partial charge in [-0.2, -0.15) is 0 Å². The van der Waals surface area contributed by atoms with Crippen LogP contribution in [0.3, 0.4) is 0 Å². The third-order valence-corrected chi connectivity index (χ3v) is 7.93. The van der Waals surface area contributed by atoms with Crippen LogP contribution in [0.1, 0.15) is 44.1 Å². The number of ether oxygens (including phenoxy) is 1. The number of methoxy groups -OCH3 is 1. The Balaban J connectivity index is 1.75. The van der Waals surface area contributed by atoms with Crippen LogP contribution < -0.4 is 10.1 Å². The monoisotopic (exact) mass is 428 g/mol. The first-order chi connectivity index (χ1) is 13.3. The number of halogens is 1. The molecule has 2 fully saturated rings. The molecule has 1 amide bonds. The van der Waals surface area contributed by atoms with E-state index in [0.29, 0.717) is 22.9 Å². The minimum atomic E-state index is -3.05.